The summed E-state index contributed by atoms with van der Waals surface area (Å²) in [4.78, 5) is 15.4. The number of aromatic nitrogens is 4. The molecule has 3 N–H and O–H groups in total. The minimum Gasteiger partial charge on any atom is -0.396 e. The first-order valence-electron chi connectivity index (χ1n) is 6.30. The Labute approximate surface area is 110 Å². The highest BCUT2D eigenvalue weighted by atomic mass is 16.3. The van der Waals surface area contributed by atoms with Crippen molar-refractivity contribution in [2.24, 2.45) is 0 Å². The third-order valence-corrected chi connectivity index (χ3v) is 3.16. The van der Waals surface area contributed by atoms with Crippen LogP contribution in [0.5, 0.6) is 0 Å². The van der Waals surface area contributed by atoms with Crippen LogP contribution in [0.25, 0.3) is 22.3 Å². The van der Waals surface area contributed by atoms with Gasteiger partial charge in [0.2, 0.25) is 0 Å². The molecule has 3 aromatic rings. The first kappa shape index (κ1) is 11.9. The summed E-state index contributed by atoms with van der Waals surface area (Å²) in [5.41, 5.74) is 4.97. The number of benzene rings is 1. The number of aryl methyl sites for hydroxylation is 2. The van der Waals surface area contributed by atoms with Crippen LogP contribution in [0.3, 0.4) is 0 Å². The van der Waals surface area contributed by atoms with E-state index >= 15 is 0 Å². The average Bonchev–Trinajstić information content (AvgIpc) is 2.90. The molecule has 0 amide bonds. The molecule has 2 aromatic heterocycles. The average molecular weight is 256 g/mol. The van der Waals surface area contributed by atoms with E-state index in [1.165, 1.54) is 0 Å². The lowest BCUT2D eigenvalue weighted by Gasteiger charge is -1.98. The van der Waals surface area contributed by atoms with Crippen molar-refractivity contribution in [1.82, 2.24) is 19.9 Å². The summed E-state index contributed by atoms with van der Waals surface area (Å²) in [6, 6.07) is 6.07. The van der Waals surface area contributed by atoms with Crippen molar-refractivity contribution >= 4 is 11.0 Å². The normalized spacial score (nSPS) is 11.3. The Morgan fingerprint density at radius 2 is 2.00 bits per heavy atom. The highest BCUT2D eigenvalue weighted by Crippen LogP contribution is 2.24. The van der Waals surface area contributed by atoms with E-state index in [0.29, 0.717) is 6.42 Å². The topological polar surface area (TPSA) is 77.6 Å². The molecule has 0 spiro atoms. The van der Waals surface area contributed by atoms with Crippen LogP contribution in [0.4, 0.5) is 0 Å². The Kier molecular flexibility index (Phi) is 2.83. The molecule has 0 bridgehead atoms. The highest BCUT2D eigenvalue weighted by molar-refractivity contribution is 5.81. The van der Waals surface area contributed by atoms with Crippen LogP contribution in [-0.4, -0.2) is 31.6 Å². The van der Waals surface area contributed by atoms with E-state index in [-0.39, 0.29) is 6.61 Å². The highest BCUT2D eigenvalue weighted by Gasteiger charge is 2.10. The standard InChI is InChI=1S/C14H16N4O/c1-8-14(18-13(15-8)5-6-19)10-3-4-11-12(7-10)17-9(2)16-11/h3-4,7,19H,5-6H2,1-2H3,(H,15,18)(H,16,17). The minimum absolute atomic E-state index is 0.102. The van der Waals surface area contributed by atoms with E-state index in [9.17, 15) is 0 Å². The van der Waals surface area contributed by atoms with Crippen molar-refractivity contribution in [3.05, 3.63) is 35.5 Å². The molecule has 3 rings (SSSR count). The van der Waals surface area contributed by atoms with E-state index in [4.69, 9.17) is 5.11 Å². The van der Waals surface area contributed by atoms with Crippen molar-refractivity contribution in [3.8, 4) is 11.3 Å². The Morgan fingerprint density at radius 1 is 1.16 bits per heavy atom. The van der Waals surface area contributed by atoms with E-state index < -0.39 is 0 Å². The molecule has 5 nitrogen and oxygen atoms in total. The maximum atomic E-state index is 8.96. The molecule has 0 saturated heterocycles. The van der Waals surface area contributed by atoms with Gasteiger partial charge in [0.15, 0.2) is 0 Å². The van der Waals surface area contributed by atoms with Gasteiger partial charge >= 0.3 is 0 Å². The van der Waals surface area contributed by atoms with Crippen LogP contribution in [0, 0.1) is 13.8 Å². The smallest absolute Gasteiger partial charge is 0.109 e. The number of nitrogens with zero attached hydrogens (tertiary/aromatic N) is 2. The number of hydrogen-bond donors (Lipinski definition) is 3. The summed E-state index contributed by atoms with van der Waals surface area (Å²) >= 11 is 0. The van der Waals surface area contributed by atoms with Crippen LogP contribution in [0.15, 0.2) is 18.2 Å². The molecule has 0 radical (unpaired) electrons. The second-order valence-corrected chi connectivity index (χ2v) is 4.68. The summed E-state index contributed by atoms with van der Waals surface area (Å²) in [6.07, 6.45) is 0.548. The zero-order chi connectivity index (χ0) is 13.4. The first-order chi connectivity index (χ1) is 9.17. The lowest BCUT2D eigenvalue weighted by molar-refractivity contribution is 0.297. The maximum absolute atomic E-state index is 8.96. The largest absolute Gasteiger partial charge is 0.396 e. The molecule has 1 aromatic carbocycles. The van der Waals surface area contributed by atoms with Gasteiger partial charge in [0.1, 0.15) is 11.6 Å². The van der Waals surface area contributed by atoms with Crippen molar-refractivity contribution in [3.63, 3.8) is 0 Å². The molecular weight excluding hydrogens is 240 g/mol. The first-order valence-corrected chi connectivity index (χ1v) is 6.30. The van der Waals surface area contributed by atoms with Gasteiger partial charge in [-0.15, -0.1) is 0 Å². The molecule has 2 heterocycles. The van der Waals surface area contributed by atoms with Crippen LogP contribution < -0.4 is 0 Å². The molecule has 98 valence electrons. The van der Waals surface area contributed by atoms with E-state index in [2.05, 4.69) is 26.0 Å². The van der Waals surface area contributed by atoms with Gasteiger partial charge in [-0.05, 0) is 26.0 Å². The number of H-pyrrole nitrogens is 2. The number of imidazole rings is 2. The zero-order valence-electron chi connectivity index (χ0n) is 11.0. The molecule has 0 fully saturated rings. The predicted octanol–water partition coefficient (Wildman–Crippen LogP) is 2.10. The molecule has 0 unspecified atom stereocenters. The van der Waals surface area contributed by atoms with Crippen molar-refractivity contribution < 1.29 is 5.11 Å². The van der Waals surface area contributed by atoms with Gasteiger partial charge in [-0.25, -0.2) is 9.97 Å². The predicted molar refractivity (Wildman–Crippen MR) is 73.9 cm³/mol. The van der Waals surface area contributed by atoms with Gasteiger partial charge in [0, 0.05) is 17.7 Å². The second-order valence-electron chi connectivity index (χ2n) is 4.68. The number of nitrogens with one attached hydrogen (secondary N) is 2. The van der Waals surface area contributed by atoms with Crippen LogP contribution in [0.2, 0.25) is 0 Å². The minimum atomic E-state index is 0.102. The molecule has 19 heavy (non-hydrogen) atoms. The third-order valence-electron chi connectivity index (χ3n) is 3.16. The van der Waals surface area contributed by atoms with Gasteiger partial charge in [-0.3, -0.25) is 0 Å². The third kappa shape index (κ3) is 2.13. The summed E-state index contributed by atoms with van der Waals surface area (Å²) < 4.78 is 0. The fourth-order valence-electron chi connectivity index (χ4n) is 2.31. The van der Waals surface area contributed by atoms with Gasteiger partial charge in [-0.1, -0.05) is 6.07 Å². The lowest BCUT2D eigenvalue weighted by Crippen LogP contribution is -1.92. The summed E-state index contributed by atoms with van der Waals surface area (Å²) in [5.74, 6) is 1.72. The molecule has 0 aliphatic rings. The molecule has 5 heteroatoms. The summed E-state index contributed by atoms with van der Waals surface area (Å²) in [5, 5.41) is 8.96. The lowest BCUT2D eigenvalue weighted by atomic mass is 10.1. The summed E-state index contributed by atoms with van der Waals surface area (Å²) in [6.45, 7) is 4.04. The number of hydrogen-bond acceptors (Lipinski definition) is 3. The van der Waals surface area contributed by atoms with Gasteiger partial charge in [-0.2, -0.15) is 0 Å². The molecule has 0 aliphatic carbocycles. The fourth-order valence-corrected chi connectivity index (χ4v) is 2.31. The van der Waals surface area contributed by atoms with E-state index in [0.717, 1.165) is 39.6 Å². The van der Waals surface area contributed by atoms with Crippen LogP contribution in [0.1, 0.15) is 17.3 Å². The number of rotatable bonds is 3. The molecular formula is C14H16N4O. The van der Waals surface area contributed by atoms with E-state index in [1.807, 2.05) is 26.0 Å². The van der Waals surface area contributed by atoms with Crippen molar-refractivity contribution in [1.29, 1.82) is 0 Å². The Balaban J connectivity index is 2.07. The number of fused-ring (bicyclic) bond motifs is 1. The van der Waals surface area contributed by atoms with Crippen molar-refractivity contribution in [2.45, 2.75) is 20.3 Å². The number of aromatic amines is 2. The quantitative estimate of drug-likeness (QED) is 0.671. The Bertz CT molecular complexity index is 726. The maximum Gasteiger partial charge on any atom is 0.109 e. The Morgan fingerprint density at radius 3 is 2.79 bits per heavy atom. The van der Waals surface area contributed by atoms with E-state index in [1.54, 1.807) is 0 Å². The van der Waals surface area contributed by atoms with Gasteiger partial charge < -0.3 is 15.1 Å². The van der Waals surface area contributed by atoms with Crippen molar-refractivity contribution in [2.75, 3.05) is 6.61 Å². The number of aliphatic hydroxyl groups excluding tert-OH is 1. The number of aliphatic hydroxyl groups is 1. The molecule has 0 saturated carbocycles. The van der Waals surface area contributed by atoms with Gasteiger partial charge in [0.05, 0.1) is 23.3 Å². The molecule has 0 atom stereocenters. The van der Waals surface area contributed by atoms with Crippen LogP contribution >= 0.6 is 0 Å². The Hall–Kier alpha value is -2.14. The van der Waals surface area contributed by atoms with Gasteiger partial charge in [0.25, 0.3) is 0 Å². The summed E-state index contributed by atoms with van der Waals surface area (Å²) in [7, 11) is 0. The fraction of sp³-hybridized carbons (Fsp3) is 0.286. The van der Waals surface area contributed by atoms with Crippen LogP contribution in [-0.2, 0) is 6.42 Å². The molecule has 0 aliphatic heterocycles. The zero-order valence-corrected chi connectivity index (χ0v) is 11.0. The second kappa shape index (κ2) is 4.51. The SMILES string of the molecule is Cc1nc2ccc(-c3nc(CCO)[nH]c3C)cc2[nH]1. The monoisotopic (exact) mass is 256 g/mol.